The van der Waals surface area contributed by atoms with Crippen LogP contribution >= 0.6 is 0 Å². The van der Waals surface area contributed by atoms with Crippen LogP contribution < -0.4 is 11.1 Å². The number of benzene rings is 2. The topological polar surface area (TPSA) is 78.9 Å². The number of anilines is 1. The second-order valence-electron chi connectivity index (χ2n) is 4.55. The summed E-state index contributed by atoms with van der Waals surface area (Å²) >= 11 is 0. The number of nitrogens with one attached hydrogen (secondary N) is 1. The third-order valence-corrected chi connectivity index (χ3v) is 3.10. The minimum atomic E-state index is -0.441. The summed E-state index contributed by atoms with van der Waals surface area (Å²) < 4.78 is 0. The molecule has 0 aromatic heterocycles. The number of nitrogens with two attached hydrogens (primary N) is 1. The minimum Gasteiger partial charge on any atom is -0.381 e. The Hall–Kier alpha value is -2.80. The first kappa shape index (κ1) is 13.6. The van der Waals surface area contributed by atoms with Gasteiger partial charge in [-0.1, -0.05) is 12.1 Å². The van der Waals surface area contributed by atoms with Crippen molar-refractivity contribution in [2.24, 2.45) is 5.73 Å². The summed E-state index contributed by atoms with van der Waals surface area (Å²) in [6.45, 7) is 2.59. The van der Waals surface area contributed by atoms with Crippen LogP contribution in [-0.2, 0) is 6.54 Å². The van der Waals surface area contributed by atoms with Gasteiger partial charge in [-0.05, 0) is 48.4 Å². The molecular weight excluding hydrogens is 250 g/mol. The molecule has 4 nitrogen and oxygen atoms in total. The summed E-state index contributed by atoms with van der Waals surface area (Å²) in [5.41, 5.74) is 9.38. The van der Waals surface area contributed by atoms with E-state index in [2.05, 4.69) is 11.4 Å². The molecule has 20 heavy (non-hydrogen) atoms. The molecule has 0 unspecified atom stereocenters. The number of carbonyl (C=O) groups is 1. The normalized spacial score (nSPS) is 9.80. The second kappa shape index (κ2) is 5.89. The van der Waals surface area contributed by atoms with Crippen molar-refractivity contribution in [3.63, 3.8) is 0 Å². The van der Waals surface area contributed by atoms with Crippen molar-refractivity contribution in [1.82, 2.24) is 0 Å². The average molecular weight is 265 g/mol. The molecule has 0 heterocycles. The highest BCUT2D eigenvalue weighted by atomic mass is 16.1. The van der Waals surface area contributed by atoms with E-state index >= 15 is 0 Å². The highest BCUT2D eigenvalue weighted by molar-refractivity contribution is 5.93. The number of nitrogens with zero attached hydrogens (tertiary/aromatic N) is 1. The Balaban J connectivity index is 2.11. The molecule has 0 aliphatic carbocycles. The van der Waals surface area contributed by atoms with Crippen molar-refractivity contribution >= 4 is 11.6 Å². The molecule has 0 aliphatic rings. The van der Waals surface area contributed by atoms with Gasteiger partial charge in [-0.3, -0.25) is 4.79 Å². The number of nitriles is 1. The van der Waals surface area contributed by atoms with Crippen LogP contribution in [0.25, 0.3) is 0 Å². The van der Waals surface area contributed by atoms with Crippen molar-refractivity contribution in [3.8, 4) is 6.07 Å². The Bertz CT molecular complexity index is 686. The molecule has 0 spiro atoms. The number of hydrogen-bond acceptors (Lipinski definition) is 3. The molecule has 0 saturated heterocycles. The zero-order valence-electron chi connectivity index (χ0n) is 11.2. The molecule has 0 bridgehead atoms. The van der Waals surface area contributed by atoms with Gasteiger partial charge in [0.1, 0.15) is 0 Å². The van der Waals surface area contributed by atoms with Gasteiger partial charge in [-0.25, -0.2) is 0 Å². The van der Waals surface area contributed by atoms with Crippen LogP contribution in [-0.4, -0.2) is 5.91 Å². The Morgan fingerprint density at radius 2 is 2.10 bits per heavy atom. The molecule has 0 atom stereocenters. The van der Waals surface area contributed by atoms with Gasteiger partial charge in [0, 0.05) is 17.8 Å². The summed E-state index contributed by atoms with van der Waals surface area (Å²) in [5.74, 6) is -0.441. The van der Waals surface area contributed by atoms with Gasteiger partial charge in [-0.2, -0.15) is 5.26 Å². The van der Waals surface area contributed by atoms with Crippen LogP contribution in [0.2, 0.25) is 0 Å². The molecule has 0 saturated carbocycles. The van der Waals surface area contributed by atoms with Crippen molar-refractivity contribution < 1.29 is 4.79 Å². The van der Waals surface area contributed by atoms with Crippen molar-refractivity contribution in [2.75, 3.05) is 5.32 Å². The van der Waals surface area contributed by atoms with E-state index in [-0.39, 0.29) is 0 Å². The van der Waals surface area contributed by atoms with Crippen LogP contribution in [0.15, 0.2) is 42.5 Å². The van der Waals surface area contributed by atoms with Crippen LogP contribution in [0, 0.1) is 18.3 Å². The number of aryl methyl sites for hydroxylation is 1. The summed E-state index contributed by atoms with van der Waals surface area (Å²) in [7, 11) is 0. The van der Waals surface area contributed by atoms with Crippen LogP contribution in [0.4, 0.5) is 5.69 Å². The molecule has 2 rings (SSSR count). The van der Waals surface area contributed by atoms with Crippen LogP contribution in [0.5, 0.6) is 0 Å². The molecule has 2 aromatic rings. The highest BCUT2D eigenvalue weighted by Gasteiger charge is 2.03. The second-order valence-corrected chi connectivity index (χ2v) is 4.55. The van der Waals surface area contributed by atoms with E-state index in [1.165, 1.54) is 0 Å². The lowest BCUT2D eigenvalue weighted by Crippen LogP contribution is -2.11. The number of carbonyl (C=O) groups excluding carboxylic acids is 1. The molecule has 4 heteroatoms. The maximum absolute atomic E-state index is 11.1. The predicted molar refractivity (Wildman–Crippen MR) is 78.2 cm³/mol. The largest absolute Gasteiger partial charge is 0.381 e. The summed E-state index contributed by atoms with van der Waals surface area (Å²) in [4.78, 5) is 11.1. The number of primary amides is 1. The molecule has 0 fully saturated rings. The molecule has 0 radical (unpaired) electrons. The molecular formula is C16H15N3O. The first-order chi connectivity index (χ1) is 9.60. The van der Waals surface area contributed by atoms with E-state index in [9.17, 15) is 4.79 Å². The maximum Gasteiger partial charge on any atom is 0.248 e. The molecule has 2 aromatic carbocycles. The Kier molecular flexibility index (Phi) is 4.02. The van der Waals surface area contributed by atoms with Crippen molar-refractivity contribution in [2.45, 2.75) is 13.5 Å². The van der Waals surface area contributed by atoms with E-state index < -0.39 is 5.91 Å². The van der Waals surface area contributed by atoms with E-state index in [1.807, 2.05) is 25.1 Å². The number of amides is 1. The number of rotatable bonds is 4. The van der Waals surface area contributed by atoms with E-state index in [0.29, 0.717) is 17.7 Å². The van der Waals surface area contributed by atoms with Gasteiger partial charge >= 0.3 is 0 Å². The molecule has 1 amide bonds. The Labute approximate surface area is 117 Å². The van der Waals surface area contributed by atoms with Crippen LogP contribution in [0.3, 0.4) is 0 Å². The fraction of sp³-hybridized carbons (Fsp3) is 0.125. The lowest BCUT2D eigenvalue weighted by molar-refractivity contribution is 0.100. The lowest BCUT2D eigenvalue weighted by atomic mass is 10.1. The zero-order valence-corrected chi connectivity index (χ0v) is 11.2. The molecule has 100 valence electrons. The predicted octanol–water partition coefficient (Wildman–Crippen LogP) is 2.58. The summed E-state index contributed by atoms with van der Waals surface area (Å²) in [5, 5.41) is 12.1. The highest BCUT2D eigenvalue weighted by Crippen LogP contribution is 2.15. The average Bonchev–Trinajstić information content (AvgIpc) is 2.46. The van der Waals surface area contributed by atoms with Gasteiger partial charge < -0.3 is 11.1 Å². The standard InChI is InChI=1S/C16H15N3O/c1-11-7-12(9-17)5-6-14(11)10-19-15-4-2-3-13(8-15)16(18)20/h2-8,19H,10H2,1H3,(H2,18,20). The lowest BCUT2D eigenvalue weighted by Gasteiger charge is -2.10. The van der Waals surface area contributed by atoms with Gasteiger partial charge in [0.15, 0.2) is 0 Å². The van der Waals surface area contributed by atoms with E-state index in [0.717, 1.165) is 16.8 Å². The van der Waals surface area contributed by atoms with Gasteiger partial charge in [-0.15, -0.1) is 0 Å². The fourth-order valence-corrected chi connectivity index (χ4v) is 1.94. The van der Waals surface area contributed by atoms with E-state index in [1.54, 1.807) is 24.3 Å². The fourth-order valence-electron chi connectivity index (χ4n) is 1.94. The van der Waals surface area contributed by atoms with E-state index in [4.69, 9.17) is 11.0 Å². The molecule has 3 N–H and O–H groups in total. The quantitative estimate of drug-likeness (QED) is 0.891. The van der Waals surface area contributed by atoms with Crippen molar-refractivity contribution in [3.05, 3.63) is 64.7 Å². The zero-order chi connectivity index (χ0) is 14.5. The van der Waals surface area contributed by atoms with Gasteiger partial charge in [0.2, 0.25) is 5.91 Å². The summed E-state index contributed by atoms with van der Waals surface area (Å²) in [6, 6.07) is 14.8. The smallest absolute Gasteiger partial charge is 0.248 e. The van der Waals surface area contributed by atoms with Gasteiger partial charge in [0.25, 0.3) is 0 Å². The Morgan fingerprint density at radius 1 is 1.30 bits per heavy atom. The maximum atomic E-state index is 11.1. The molecule has 0 aliphatic heterocycles. The SMILES string of the molecule is Cc1cc(C#N)ccc1CNc1cccc(C(N)=O)c1. The third-order valence-electron chi connectivity index (χ3n) is 3.10. The van der Waals surface area contributed by atoms with Gasteiger partial charge in [0.05, 0.1) is 11.6 Å². The van der Waals surface area contributed by atoms with Crippen LogP contribution in [0.1, 0.15) is 27.0 Å². The minimum absolute atomic E-state index is 0.441. The first-order valence-electron chi connectivity index (χ1n) is 6.23. The monoisotopic (exact) mass is 265 g/mol. The Morgan fingerprint density at radius 3 is 2.75 bits per heavy atom. The third kappa shape index (κ3) is 3.15. The first-order valence-corrected chi connectivity index (χ1v) is 6.23. The number of hydrogen-bond donors (Lipinski definition) is 2. The van der Waals surface area contributed by atoms with Crippen molar-refractivity contribution in [1.29, 1.82) is 5.26 Å². The summed E-state index contributed by atoms with van der Waals surface area (Å²) in [6.07, 6.45) is 0.